The maximum absolute atomic E-state index is 9.35. The van der Waals surface area contributed by atoms with Crippen molar-refractivity contribution >= 4 is 10.9 Å². The standard InChI is InChI=1S/C13H14NO/c1-9-7-11(8-10(2)15)12-5-3-4-6-13(12)14-9/h3-7,15H,8H2,1-2H3. The van der Waals surface area contributed by atoms with E-state index in [9.17, 15) is 5.11 Å². The molecule has 0 aliphatic rings. The number of aliphatic hydroxyl groups excluding tert-OH is 1. The van der Waals surface area contributed by atoms with Crippen LogP contribution in [0.25, 0.3) is 10.9 Å². The van der Waals surface area contributed by atoms with Crippen LogP contribution in [0.4, 0.5) is 0 Å². The molecule has 2 rings (SSSR count). The molecule has 15 heavy (non-hydrogen) atoms. The first-order valence-corrected chi connectivity index (χ1v) is 5.03. The van der Waals surface area contributed by atoms with E-state index in [2.05, 4.69) is 4.98 Å². The normalized spacial score (nSPS) is 11.2. The Balaban J connectivity index is 2.60. The van der Waals surface area contributed by atoms with Crippen molar-refractivity contribution in [1.82, 2.24) is 4.98 Å². The Bertz CT molecular complexity index is 477. The van der Waals surface area contributed by atoms with Crippen LogP contribution in [-0.4, -0.2) is 10.1 Å². The quantitative estimate of drug-likeness (QED) is 0.808. The second kappa shape index (κ2) is 3.99. The summed E-state index contributed by atoms with van der Waals surface area (Å²) < 4.78 is 0. The molecule has 0 amide bonds. The smallest absolute Gasteiger partial charge is 0.0946 e. The average molecular weight is 200 g/mol. The second-order valence-electron chi connectivity index (χ2n) is 3.85. The first-order chi connectivity index (χ1) is 7.16. The van der Waals surface area contributed by atoms with Crippen LogP contribution in [0.15, 0.2) is 30.3 Å². The van der Waals surface area contributed by atoms with E-state index < -0.39 is 0 Å². The van der Waals surface area contributed by atoms with E-state index in [1.54, 1.807) is 6.92 Å². The zero-order valence-corrected chi connectivity index (χ0v) is 8.99. The minimum absolute atomic E-state index is 0.436. The van der Waals surface area contributed by atoms with Gasteiger partial charge < -0.3 is 5.11 Å². The maximum Gasteiger partial charge on any atom is 0.0946 e. The molecule has 0 aliphatic heterocycles. The van der Waals surface area contributed by atoms with Gasteiger partial charge in [-0.2, -0.15) is 0 Å². The van der Waals surface area contributed by atoms with Crippen molar-refractivity contribution < 1.29 is 5.11 Å². The SMILES string of the molecule is C[C](O)Cc1cc(C)nc2ccccc12. The fraction of sp³-hybridized carbons (Fsp3) is 0.231. The Hall–Kier alpha value is -1.41. The molecule has 0 spiro atoms. The fourth-order valence-electron chi connectivity index (χ4n) is 1.82. The topological polar surface area (TPSA) is 33.1 Å². The van der Waals surface area contributed by atoms with Crippen LogP contribution in [0.3, 0.4) is 0 Å². The third kappa shape index (κ3) is 2.16. The number of hydrogen-bond acceptors (Lipinski definition) is 2. The summed E-state index contributed by atoms with van der Waals surface area (Å²) in [6.45, 7) is 3.70. The van der Waals surface area contributed by atoms with Crippen LogP contribution in [0.1, 0.15) is 18.2 Å². The van der Waals surface area contributed by atoms with Crippen LogP contribution in [0.5, 0.6) is 0 Å². The summed E-state index contributed by atoms with van der Waals surface area (Å²) in [6, 6.07) is 10.0. The number of pyridine rings is 1. The minimum atomic E-state index is 0.436. The zero-order chi connectivity index (χ0) is 10.8. The highest BCUT2D eigenvalue weighted by atomic mass is 16.3. The van der Waals surface area contributed by atoms with Gasteiger partial charge in [0.25, 0.3) is 0 Å². The number of aromatic nitrogens is 1. The van der Waals surface area contributed by atoms with Crippen LogP contribution >= 0.6 is 0 Å². The van der Waals surface area contributed by atoms with E-state index in [-0.39, 0.29) is 0 Å². The lowest BCUT2D eigenvalue weighted by Crippen LogP contribution is -1.98. The van der Waals surface area contributed by atoms with Crippen LogP contribution < -0.4 is 0 Å². The molecule has 2 heteroatoms. The van der Waals surface area contributed by atoms with Gasteiger partial charge in [-0.3, -0.25) is 4.98 Å². The molecule has 77 valence electrons. The maximum atomic E-state index is 9.35. The number of fused-ring (bicyclic) bond motifs is 1. The Morgan fingerprint density at radius 3 is 2.80 bits per heavy atom. The predicted molar refractivity (Wildman–Crippen MR) is 61.0 cm³/mol. The minimum Gasteiger partial charge on any atom is -0.387 e. The second-order valence-corrected chi connectivity index (χ2v) is 3.85. The lowest BCUT2D eigenvalue weighted by molar-refractivity contribution is 0.307. The highest BCUT2D eigenvalue weighted by molar-refractivity contribution is 5.82. The summed E-state index contributed by atoms with van der Waals surface area (Å²) in [5, 5.41) is 10.5. The van der Waals surface area contributed by atoms with Gasteiger partial charge in [0.2, 0.25) is 0 Å². The van der Waals surface area contributed by atoms with E-state index in [0.29, 0.717) is 12.5 Å². The van der Waals surface area contributed by atoms with Crippen LogP contribution in [-0.2, 0) is 6.42 Å². The third-order valence-electron chi connectivity index (χ3n) is 2.38. The summed E-state index contributed by atoms with van der Waals surface area (Å²) in [4.78, 5) is 4.45. The van der Waals surface area contributed by atoms with Gasteiger partial charge in [0.15, 0.2) is 0 Å². The number of rotatable bonds is 2. The number of para-hydroxylation sites is 1. The molecule has 0 fully saturated rings. The Labute approximate surface area is 89.6 Å². The van der Waals surface area contributed by atoms with Crippen molar-refractivity contribution in [2.24, 2.45) is 0 Å². The van der Waals surface area contributed by atoms with Gasteiger partial charge in [0.1, 0.15) is 0 Å². The van der Waals surface area contributed by atoms with E-state index in [0.717, 1.165) is 22.2 Å². The molecule has 1 N–H and O–H groups in total. The van der Waals surface area contributed by atoms with Crippen molar-refractivity contribution in [1.29, 1.82) is 0 Å². The first kappa shape index (κ1) is 10.1. The lowest BCUT2D eigenvalue weighted by atomic mass is 10.0. The molecular weight excluding hydrogens is 186 g/mol. The van der Waals surface area contributed by atoms with Gasteiger partial charge in [-0.15, -0.1) is 0 Å². The van der Waals surface area contributed by atoms with E-state index in [1.165, 1.54) is 0 Å². The van der Waals surface area contributed by atoms with Crippen molar-refractivity contribution in [3.63, 3.8) is 0 Å². The Kier molecular flexibility index (Phi) is 2.69. The molecule has 1 heterocycles. The fourth-order valence-corrected chi connectivity index (χ4v) is 1.82. The van der Waals surface area contributed by atoms with E-state index >= 15 is 0 Å². The highest BCUT2D eigenvalue weighted by Crippen LogP contribution is 2.20. The number of nitrogens with zero attached hydrogens (tertiary/aromatic N) is 1. The van der Waals surface area contributed by atoms with Crippen molar-refractivity contribution in [3.8, 4) is 0 Å². The molecular formula is C13H14NO. The molecule has 0 unspecified atom stereocenters. The highest BCUT2D eigenvalue weighted by Gasteiger charge is 2.06. The zero-order valence-electron chi connectivity index (χ0n) is 8.99. The molecule has 2 nitrogen and oxygen atoms in total. The monoisotopic (exact) mass is 200 g/mol. The van der Waals surface area contributed by atoms with E-state index in [1.807, 2.05) is 37.3 Å². The van der Waals surface area contributed by atoms with Crippen LogP contribution in [0, 0.1) is 13.0 Å². The molecule has 2 aromatic rings. The van der Waals surface area contributed by atoms with Gasteiger partial charge >= 0.3 is 0 Å². The van der Waals surface area contributed by atoms with Crippen molar-refractivity contribution in [3.05, 3.63) is 47.7 Å². The Morgan fingerprint density at radius 1 is 1.33 bits per heavy atom. The summed E-state index contributed by atoms with van der Waals surface area (Å²) in [5.41, 5.74) is 3.12. The van der Waals surface area contributed by atoms with Gasteiger partial charge in [0, 0.05) is 17.5 Å². The summed E-state index contributed by atoms with van der Waals surface area (Å²) >= 11 is 0. The van der Waals surface area contributed by atoms with Gasteiger partial charge in [-0.25, -0.2) is 0 Å². The predicted octanol–water partition coefficient (Wildman–Crippen LogP) is 3.01. The van der Waals surface area contributed by atoms with Crippen LogP contribution in [0.2, 0.25) is 0 Å². The van der Waals surface area contributed by atoms with Gasteiger partial charge in [-0.1, -0.05) is 18.2 Å². The lowest BCUT2D eigenvalue weighted by Gasteiger charge is -2.08. The molecule has 0 saturated carbocycles. The average Bonchev–Trinajstić information content (AvgIpc) is 2.16. The van der Waals surface area contributed by atoms with Crippen molar-refractivity contribution in [2.75, 3.05) is 0 Å². The van der Waals surface area contributed by atoms with Gasteiger partial charge in [0.05, 0.1) is 11.6 Å². The number of hydrogen-bond donors (Lipinski definition) is 1. The van der Waals surface area contributed by atoms with Crippen molar-refractivity contribution in [2.45, 2.75) is 20.3 Å². The summed E-state index contributed by atoms with van der Waals surface area (Å²) in [7, 11) is 0. The third-order valence-corrected chi connectivity index (χ3v) is 2.38. The number of aryl methyl sites for hydroxylation is 1. The summed E-state index contributed by atoms with van der Waals surface area (Å²) in [6.07, 6.45) is 1.04. The molecule has 0 aliphatic carbocycles. The number of aliphatic hydroxyl groups is 1. The van der Waals surface area contributed by atoms with E-state index in [4.69, 9.17) is 0 Å². The molecule has 1 radical (unpaired) electrons. The molecule has 0 saturated heterocycles. The molecule has 0 bridgehead atoms. The first-order valence-electron chi connectivity index (χ1n) is 5.03. The largest absolute Gasteiger partial charge is 0.387 e. The van der Waals surface area contributed by atoms with Gasteiger partial charge in [-0.05, 0) is 31.5 Å². The Morgan fingerprint density at radius 2 is 2.07 bits per heavy atom. The molecule has 1 aromatic carbocycles. The summed E-state index contributed by atoms with van der Waals surface area (Å²) in [5.74, 6) is 0. The molecule has 0 atom stereocenters. The number of benzene rings is 1. The molecule has 1 aromatic heterocycles.